The van der Waals surface area contributed by atoms with Gasteiger partial charge in [0.05, 0.1) is 6.54 Å². The third-order valence-corrected chi connectivity index (χ3v) is 2.68. The van der Waals surface area contributed by atoms with E-state index in [4.69, 9.17) is 0 Å². The Balaban J connectivity index is 2.18. The summed E-state index contributed by atoms with van der Waals surface area (Å²) in [5.41, 5.74) is 0. The van der Waals surface area contributed by atoms with Crippen LogP contribution in [-0.4, -0.2) is 56.3 Å². The van der Waals surface area contributed by atoms with Crippen molar-refractivity contribution in [3.8, 4) is 0 Å². The Morgan fingerprint density at radius 3 is 2.58 bits per heavy atom. The molecule has 0 aromatic carbocycles. The molecule has 0 aromatic rings. The van der Waals surface area contributed by atoms with E-state index in [-0.39, 0.29) is 0 Å². The van der Waals surface area contributed by atoms with Crippen molar-refractivity contribution < 1.29 is 13.2 Å². The number of alkyl halides is 3. The number of halogens is 3. The molecule has 1 aliphatic carbocycles. The Kier molecular flexibility index (Phi) is 6.41. The largest absolute Gasteiger partial charge is 0.401 e. The zero-order valence-corrected chi connectivity index (χ0v) is 11.6. The maximum Gasteiger partial charge on any atom is 0.401 e. The Labute approximate surface area is 112 Å². The second-order valence-electron chi connectivity index (χ2n) is 4.89. The lowest BCUT2D eigenvalue weighted by atomic mass is 10.4. The molecule has 1 aliphatic rings. The number of hydrogen-bond donors (Lipinski definition) is 2. The van der Waals surface area contributed by atoms with Crippen molar-refractivity contribution in [3.05, 3.63) is 0 Å². The summed E-state index contributed by atoms with van der Waals surface area (Å²) in [6, 6.07) is 0.519. The van der Waals surface area contributed by atoms with Crippen LogP contribution in [0.25, 0.3) is 0 Å². The monoisotopic (exact) mass is 280 g/mol. The molecule has 0 unspecified atom stereocenters. The van der Waals surface area contributed by atoms with E-state index in [1.54, 1.807) is 0 Å². The molecule has 2 N–H and O–H groups in total. The van der Waals surface area contributed by atoms with E-state index in [0.717, 1.165) is 12.5 Å². The van der Waals surface area contributed by atoms with Crippen LogP contribution in [0, 0.1) is 0 Å². The minimum Gasteiger partial charge on any atom is -0.357 e. The maximum atomic E-state index is 12.1. The van der Waals surface area contributed by atoms with Gasteiger partial charge in [0.25, 0.3) is 0 Å². The molecule has 1 saturated carbocycles. The van der Waals surface area contributed by atoms with E-state index >= 15 is 0 Å². The van der Waals surface area contributed by atoms with Gasteiger partial charge in [-0.1, -0.05) is 0 Å². The number of nitrogens with zero attached hydrogens (tertiary/aromatic N) is 2. The van der Waals surface area contributed by atoms with E-state index in [0.29, 0.717) is 25.6 Å². The van der Waals surface area contributed by atoms with Gasteiger partial charge in [0.15, 0.2) is 5.96 Å². The van der Waals surface area contributed by atoms with E-state index < -0.39 is 12.7 Å². The first-order valence-electron chi connectivity index (χ1n) is 6.71. The van der Waals surface area contributed by atoms with Crippen molar-refractivity contribution in [1.82, 2.24) is 15.5 Å². The minimum absolute atomic E-state index is 0.395. The molecular weight excluding hydrogens is 257 g/mol. The fraction of sp³-hybridized carbons (Fsp3) is 0.917. The predicted molar refractivity (Wildman–Crippen MR) is 70.3 cm³/mol. The van der Waals surface area contributed by atoms with Crippen molar-refractivity contribution in [3.63, 3.8) is 0 Å². The molecule has 0 atom stereocenters. The molecule has 0 bridgehead atoms. The molecule has 1 rings (SSSR count). The molecule has 0 aromatic heterocycles. The van der Waals surface area contributed by atoms with Gasteiger partial charge in [0, 0.05) is 19.1 Å². The van der Waals surface area contributed by atoms with Gasteiger partial charge in [-0.05, 0) is 39.8 Å². The number of rotatable bonds is 7. The molecule has 112 valence electrons. The topological polar surface area (TPSA) is 39.7 Å². The quantitative estimate of drug-likeness (QED) is 0.423. The maximum absolute atomic E-state index is 12.1. The zero-order valence-electron chi connectivity index (χ0n) is 11.6. The smallest absolute Gasteiger partial charge is 0.357 e. The predicted octanol–water partition coefficient (Wildman–Crippen LogP) is 1.59. The van der Waals surface area contributed by atoms with Gasteiger partial charge in [-0.2, -0.15) is 13.2 Å². The van der Waals surface area contributed by atoms with Crippen LogP contribution in [0.15, 0.2) is 4.99 Å². The second kappa shape index (κ2) is 7.57. The van der Waals surface area contributed by atoms with Crippen LogP contribution in [0.2, 0.25) is 0 Å². The summed E-state index contributed by atoms with van der Waals surface area (Å²) >= 11 is 0. The number of guanidine groups is 1. The fourth-order valence-corrected chi connectivity index (χ4v) is 1.66. The van der Waals surface area contributed by atoms with Crippen molar-refractivity contribution in [2.24, 2.45) is 4.99 Å². The first-order valence-corrected chi connectivity index (χ1v) is 6.71. The highest BCUT2D eigenvalue weighted by Gasteiger charge is 2.28. The zero-order chi connectivity index (χ0) is 14.3. The summed E-state index contributed by atoms with van der Waals surface area (Å²) in [5.74, 6) is 0.767. The standard InChI is InChI=1S/C12H23F3N4/c1-3-16-11(18-10-5-6-10)17-7-4-8-19(2)9-12(13,14)15/h10H,3-9H2,1-2H3,(H2,16,17,18). The van der Waals surface area contributed by atoms with E-state index in [1.165, 1.54) is 24.8 Å². The molecule has 4 nitrogen and oxygen atoms in total. The number of hydrogen-bond acceptors (Lipinski definition) is 2. The van der Waals surface area contributed by atoms with Crippen molar-refractivity contribution in [2.75, 3.05) is 33.2 Å². The summed E-state index contributed by atoms with van der Waals surface area (Å²) in [7, 11) is 1.48. The van der Waals surface area contributed by atoms with Gasteiger partial charge < -0.3 is 10.6 Å². The van der Waals surface area contributed by atoms with Crippen molar-refractivity contribution in [2.45, 2.75) is 38.4 Å². The molecule has 0 saturated heterocycles. The van der Waals surface area contributed by atoms with Gasteiger partial charge in [0.1, 0.15) is 0 Å². The first kappa shape index (κ1) is 16.1. The summed E-state index contributed by atoms with van der Waals surface area (Å²) in [6.45, 7) is 2.83. The van der Waals surface area contributed by atoms with Gasteiger partial charge in [0.2, 0.25) is 0 Å². The highest BCUT2D eigenvalue weighted by Crippen LogP contribution is 2.18. The van der Waals surface area contributed by atoms with Gasteiger partial charge in [-0.25, -0.2) is 0 Å². The second-order valence-corrected chi connectivity index (χ2v) is 4.89. The molecule has 0 amide bonds. The lowest BCUT2D eigenvalue weighted by Crippen LogP contribution is -2.38. The molecule has 7 heteroatoms. The molecule has 0 spiro atoms. The van der Waals surface area contributed by atoms with Gasteiger partial charge >= 0.3 is 6.18 Å². The van der Waals surface area contributed by atoms with Crippen molar-refractivity contribution in [1.29, 1.82) is 0 Å². The Bertz CT molecular complexity index is 287. The van der Waals surface area contributed by atoms with Crippen LogP contribution in [0.3, 0.4) is 0 Å². The van der Waals surface area contributed by atoms with Crippen LogP contribution in [0.4, 0.5) is 13.2 Å². The lowest BCUT2D eigenvalue weighted by Gasteiger charge is -2.18. The van der Waals surface area contributed by atoms with Crippen LogP contribution in [0.5, 0.6) is 0 Å². The SMILES string of the molecule is CCNC(=NCCCN(C)CC(F)(F)F)NC1CC1. The Hall–Kier alpha value is -0.980. The summed E-state index contributed by atoms with van der Waals surface area (Å²) in [5, 5.41) is 6.39. The lowest BCUT2D eigenvalue weighted by molar-refractivity contribution is -0.143. The first-order chi connectivity index (χ1) is 8.90. The van der Waals surface area contributed by atoms with Crippen LogP contribution in [0.1, 0.15) is 26.2 Å². The van der Waals surface area contributed by atoms with Gasteiger partial charge in [-0.15, -0.1) is 0 Å². The summed E-state index contributed by atoms with van der Waals surface area (Å²) < 4.78 is 36.3. The van der Waals surface area contributed by atoms with E-state index in [2.05, 4.69) is 15.6 Å². The van der Waals surface area contributed by atoms with Crippen molar-refractivity contribution >= 4 is 5.96 Å². The van der Waals surface area contributed by atoms with Gasteiger partial charge in [-0.3, -0.25) is 9.89 Å². The Morgan fingerprint density at radius 1 is 1.37 bits per heavy atom. The molecule has 1 fully saturated rings. The fourth-order valence-electron chi connectivity index (χ4n) is 1.66. The van der Waals surface area contributed by atoms with Crippen LogP contribution >= 0.6 is 0 Å². The average Bonchev–Trinajstić information content (AvgIpc) is 3.06. The van der Waals surface area contributed by atoms with Crippen LogP contribution in [-0.2, 0) is 0 Å². The van der Waals surface area contributed by atoms with Crippen LogP contribution < -0.4 is 10.6 Å². The average molecular weight is 280 g/mol. The third-order valence-electron chi connectivity index (χ3n) is 2.68. The third kappa shape index (κ3) is 8.69. The number of aliphatic imine (C=N–C) groups is 1. The normalized spacial score (nSPS) is 16.8. The van der Waals surface area contributed by atoms with E-state index in [1.807, 2.05) is 6.92 Å². The molecular formula is C12H23F3N4. The Morgan fingerprint density at radius 2 is 2.05 bits per heavy atom. The number of nitrogens with one attached hydrogen (secondary N) is 2. The van der Waals surface area contributed by atoms with E-state index in [9.17, 15) is 13.2 Å². The molecule has 0 heterocycles. The molecule has 19 heavy (non-hydrogen) atoms. The highest BCUT2D eigenvalue weighted by atomic mass is 19.4. The molecule has 0 aliphatic heterocycles. The molecule has 0 radical (unpaired) electrons. The highest BCUT2D eigenvalue weighted by molar-refractivity contribution is 5.80. The summed E-state index contributed by atoms with van der Waals surface area (Å²) in [4.78, 5) is 5.62. The summed E-state index contributed by atoms with van der Waals surface area (Å²) in [6.07, 6.45) is -1.17. The minimum atomic E-state index is -4.12.